The lowest BCUT2D eigenvalue weighted by molar-refractivity contribution is -0.142. The summed E-state index contributed by atoms with van der Waals surface area (Å²) in [6.45, 7) is 5.34. The Hall–Kier alpha value is -1.26. The monoisotopic (exact) mass is 227 g/mol. The topological polar surface area (TPSA) is 66.8 Å². The summed E-state index contributed by atoms with van der Waals surface area (Å²) in [5.41, 5.74) is -0.576. The SMILES string of the molecule is CC(C)(C)OC(=O)N1[C@@H](C(=O)O)C[C@@H]2C[C@@H]21. The van der Waals surface area contributed by atoms with Crippen molar-refractivity contribution in [1.82, 2.24) is 4.90 Å². The number of hydrogen-bond acceptors (Lipinski definition) is 3. The van der Waals surface area contributed by atoms with E-state index in [2.05, 4.69) is 0 Å². The molecule has 1 saturated heterocycles. The number of amides is 1. The number of ether oxygens (including phenoxy) is 1. The van der Waals surface area contributed by atoms with Crippen molar-refractivity contribution >= 4 is 12.1 Å². The van der Waals surface area contributed by atoms with Crippen molar-refractivity contribution in [3.63, 3.8) is 0 Å². The van der Waals surface area contributed by atoms with Gasteiger partial charge in [0.2, 0.25) is 0 Å². The summed E-state index contributed by atoms with van der Waals surface area (Å²) >= 11 is 0. The van der Waals surface area contributed by atoms with E-state index in [1.807, 2.05) is 0 Å². The molecule has 1 amide bonds. The fourth-order valence-electron chi connectivity index (χ4n) is 2.25. The first kappa shape index (κ1) is 11.2. The van der Waals surface area contributed by atoms with Crippen LogP contribution in [-0.4, -0.2) is 39.8 Å². The molecule has 90 valence electrons. The van der Waals surface area contributed by atoms with Gasteiger partial charge in [0.25, 0.3) is 0 Å². The van der Waals surface area contributed by atoms with Crippen LogP contribution in [0.15, 0.2) is 0 Å². The Morgan fingerprint density at radius 2 is 1.94 bits per heavy atom. The van der Waals surface area contributed by atoms with E-state index in [4.69, 9.17) is 9.84 Å². The van der Waals surface area contributed by atoms with Gasteiger partial charge in [0.05, 0.1) is 0 Å². The first-order valence-electron chi connectivity index (χ1n) is 5.54. The van der Waals surface area contributed by atoms with Crippen molar-refractivity contribution in [2.45, 2.75) is 51.3 Å². The van der Waals surface area contributed by atoms with Crippen LogP contribution in [0.25, 0.3) is 0 Å². The van der Waals surface area contributed by atoms with E-state index in [9.17, 15) is 9.59 Å². The zero-order valence-corrected chi connectivity index (χ0v) is 9.77. The summed E-state index contributed by atoms with van der Waals surface area (Å²) < 4.78 is 5.22. The molecule has 0 aromatic heterocycles. The van der Waals surface area contributed by atoms with Crippen LogP contribution in [0, 0.1) is 5.92 Å². The number of likely N-dealkylation sites (tertiary alicyclic amines) is 1. The summed E-state index contributed by atoms with van der Waals surface area (Å²) in [7, 11) is 0. The van der Waals surface area contributed by atoms with Crippen LogP contribution >= 0.6 is 0 Å². The highest BCUT2D eigenvalue weighted by Gasteiger charge is 2.57. The minimum absolute atomic E-state index is 0.0935. The molecule has 0 radical (unpaired) electrons. The van der Waals surface area contributed by atoms with Gasteiger partial charge >= 0.3 is 12.1 Å². The maximum absolute atomic E-state index is 11.9. The molecule has 16 heavy (non-hydrogen) atoms. The molecule has 1 aliphatic carbocycles. The van der Waals surface area contributed by atoms with Gasteiger partial charge in [-0.2, -0.15) is 0 Å². The van der Waals surface area contributed by atoms with Gasteiger partial charge in [0.1, 0.15) is 11.6 Å². The Morgan fingerprint density at radius 1 is 1.31 bits per heavy atom. The van der Waals surface area contributed by atoms with Gasteiger partial charge in [0.15, 0.2) is 0 Å². The molecule has 5 nitrogen and oxygen atoms in total. The summed E-state index contributed by atoms with van der Waals surface area (Å²) in [6.07, 6.45) is 0.993. The molecule has 3 atom stereocenters. The standard InChI is InChI=1S/C11H17NO4/c1-11(2,3)16-10(15)12-7-4-6(7)5-8(12)9(13)14/h6-8H,4-5H2,1-3H3,(H,13,14)/t6-,7-,8+/m0/s1. The van der Waals surface area contributed by atoms with Gasteiger partial charge in [-0.05, 0) is 39.5 Å². The van der Waals surface area contributed by atoms with Crippen LogP contribution < -0.4 is 0 Å². The van der Waals surface area contributed by atoms with E-state index < -0.39 is 23.7 Å². The number of hydrogen-bond donors (Lipinski definition) is 1. The summed E-state index contributed by atoms with van der Waals surface area (Å²) in [6, 6.07) is -0.602. The van der Waals surface area contributed by atoms with Crippen LogP contribution in [0.2, 0.25) is 0 Å². The van der Waals surface area contributed by atoms with E-state index in [0.29, 0.717) is 12.3 Å². The smallest absolute Gasteiger partial charge is 0.411 e. The van der Waals surface area contributed by atoms with Crippen LogP contribution in [0.4, 0.5) is 4.79 Å². The number of carboxylic acid groups (broad SMARTS) is 1. The lowest BCUT2D eigenvalue weighted by Crippen LogP contribution is -2.45. The van der Waals surface area contributed by atoms with Gasteiger partial charge in [-0.3, -0.25) is 4.90 Å². The molecule has 0 aromatic carbocycles. The van der Waals surface area contributed by atoms with Gasteiger partial charge in [-0.1, -0.05) is 0 Å². The number of rotatable bonds is 1. The lowest BCUT2D eigenvalue weighted by Gasteiger charge is -2.28. The molecule has 1 N–H and O–H groups in total. The number of aliphatic carboxylic acids is 1. The Kier molecular flexibility index (Phi) is 2.36. The Labute approximate surface area is 94.4 Å². The number of fused-ring (bicyclic) bond motifs is 1. The largest absolute Gasteiger partial charge is 0.480 e. The third-order valence-corrected chi connectivity index (χ3v) is 2.99. The number of nitrogens with zero attached hydrogens (tertiary/aromatic N) is 1. The minimum atomic E-state index is -0.932. The molecule has 0 unspecified atom stereocenters. The van der Waals surface area contributed by atoms with E-state index >= 15 is 0 Å². The molecule has 2 rings (SSSR count). The minimum Gasteiger partial charge on any atom is -0.480 e. The van der Waals surface area contributed by atoms with Gasteiger partial charge < -0.3 is 9.84 Å². The maximum atomic E-state index is 11.9. The zero-order valence-electron chi connectivity index (χ0n) is 9.77. The Balaban J connectivity index is 2.07. The van der Waals surface area contributed by atoms with E-state index in [0.717, 1.165) is 6.42 Å². The Bertz CT molecular complexity index is 333. The molecule has 0 aromatic rings. The van der Waals surface area contributed by atoms with Crippen LogP contribution in [0.5, 0.6) is 0 Å². The predicted octanol–water partition coefficient (Wildman–Crippen LogP) is 1.47. The normalized spacial score (nSPS) is 32.2. The molecule has 1 saturated carbocycles. The van der Waals surface area contributed by atoms with Gasteiger partial charge in [-0.25, -0.2) is 9.59 Å². The number of piperidine rings is 1. The fourth-order valence-corrected chi connectivity index (χ4v) is 2.25. The molecule has 0 spiro atoms. The third kappa shape index (κ3) is 1.99. The second-order valence-electron chi connectivity index (χ2n) is 5.54. The van der Waals surface area contributed by atoms with Crippen molar-refractivity contribution in [1.29, 1.82) is 0 Å². The van der Waals surface area contributed by atoms with Crippen LogP contribution in [0.1, 0.15) is 33.6 Å². The summed E-state index contributed by atoms with van der Waals surface area (Å²) in [5.74, 6) is -0.563. The molecule has 5 heteroatoms. The molecule has 2 fully saturated rings. The van der Waals surface area contributed by atoms with Crippen molar-refractivity contribution < 1.29 is 19.4 Å². The second-order valence-corrected chi connectivity index (χ2v) is 5.54. The summed E-state index contributed by atoms with van der Waals surface area (Å²) in [4.78, 5) is 24.3. The highest BCUT2D eigenvalue weighted by Crippen LogP contribution is 2.48. The first-order valence-corrected chi connectivity index (χ1v) is 5.54. The second kappa shape index (κ2) is 3.37. The van der Waals surface area contributed by atoms with E-state index in [-0.39, 0.29) is 6.04 Å². The number of carboxylic acids is 1. The fraction of sp³-hybridized carbons (Fsp3) is 0.818. The average molecular weight is 227 g/mol. The molecule has 1 aliphatic heterocycles. The number of carbonyl (C=O) groups excluding carboxylic acids is 1. The summed E-state index contributed by atoms with van der Waals surface area (Å²) in [5, 5.41) is 9.02. The Morgan fingerprint density at radius 3 is 2.44 bits per heavy atom. The zero-order chi connectivity index (χ0) is 12.1. The van der Waals surface area contributed by atoms with Crippen molar-refractivity contribution in [2.75, 3.05) is 0 Å². The quantitative estimate of drug-likeness (QED) is 0.736. The molecule has 0 bridgehead atoms. The number of carbonyl (C=O) groups is 2. The molecule has 2 aliphatic rings. The molecular formula is C11H17NO4. The van der Waals surface area contributed by atoms with Crippen LogP contribution in [-0.2, 0) is 9.53 Å². The van der Waals surface area contributed by atoms with Crippen molar-refractivity contribution in [3.8, 4) is 0 Å². The van der Waals surface area contributed by atoms with Gasteiger partial charge in [-0.15, -0.1) is 0 Å². The van der Waals surface area contributed by atoms with Crippen LogP contribution in [0.3, 0.4) is 0 Å². The molecule has 1 heterocycles. The highest BCUT2D eigenvalue weighted by atomic mass is 16.6. The van der Waals surface area contributed by atoms with Crippen molar-refractivity contribution in [3.05, 3.63) is 0 Å². The maximum Gasteiger partial charge on any atom is 0.411 e. The van der Waals surface area contributed by atoms with Gasteiger partial charge in [0, 0.05) is 6.04 Å². The van der Waals surface area contributed by atoms with E-state index in [1.165, 1.54) is 4.90 Å². The lowest BCUT2D eigenvalue weighted by atomic mass is 10.2. The molecular weight excluding hydrogens is 210 g/mol. The average Bonchev–Trinajstić information content (AvgIpc) is 2.73. The highest BCUT2D eigenvalue weighted by molar-refractivity contribution is 5.82. The van der Waals surface area contributed by atoms with Crippen molar-refractivity contribution in [2.24, 2.45) is 5.92 Å². The third-order valence-electron chi connectivity index (χ3n) is 2.99. The predicted molar refractivity (Wildman–Crippen MR) is 56.0 cm³/mol. The van der Waals surface area contributed by atoms with E-state index in [1.54, 1.807) is 20.8 Å². The first-order chi connectivity index (χ1) is 7.29.